The fourth-order valence-corrected chi connectivity index (χ4v) is 3.89. The monoisotopic (exact) mass is 430 g/mol. The summed E-state index contributed by atoms with van der Waals surface area (Å²) >= 11 is 0. The van der Waals surface area contributed by atoms with Gasteiger partial charge in [0.1, 0.15) is 12.6 Å². The lowest BCUT2D eigenvalue weighted by atomic mass is 10.1. The van der Waals surface area contributed by atoms with E-state index in [4.69, 9.17) is 4.74 Å². The Morgan fingerprint density at radius 1 is 0.969 bits per heavy atom. The number of rotatable bonds is 6. The van der Waals surface area contributed by atoms with E-state index in [1.165, 1.54) is 4.90 Å². The average molecular weight is 431 g/mol. The summed E-state index contributed by atoms with van der Waals surface area (Å²) < 4.78 is 5.51. The second kappa shape index (κ2) is 10.0. The molecular formula is C26H26N2O4. The van der Waals surface area contributed by atoms with Crippen molar-refractivity contribution < 1.29 is 19.4 Å². The van der Waals surface area contributed by atoms with E-state index in [1.807, 2.05) is 72.8 Å². The highest BCUT2D eigenvalue weighted by atomic mass is 16.5. The molecule has 4 rings (SSSR count). The Morgan fingerprint density at radius 2 is 1.66 bits per heavy atom. The van der Waals surface area contributed by atoms with E-state index in [0.29, 0.717) is 12.1 Å². The number of anilines is 2. The number of fused-ring (bicyclic) bond motifs is 1. The maximum Gasteiger partial charge on any atom is 0.412 e. The molecule has 6 heteroatoms. The smallest absolute Gasteiger partial charge is 0.412 e. The zero-order valence-corrected chi connectivity index (χ0v) is 17.7. The van der Waals surface area contributed by atoms with Crippen LogP contribution in [0.3, 0.4) is 0 Å². The molecule has 0 spiro atoms. The number of hydrogen-bond acceptors (Lipinski definition) is 4. The molecule has 32 heavy (non-hydrogen) atoms. The van der Waals surface area contributed by atoms with E-state index in [1.54, 1.807) is 6.07 Å². The van der Waals surface area contributed by atoms with Crippen molar-refractivity contribution in [2.75, 3.05) is 10.2 Å². The molecule has 0 saturated heterocycles. The highest BCUT2D eigenvalue weighted by molar-refractivity contribution is 5.87. The number of carbonyl (C=O) groups excluding carboxylic acids is 1. The van der Waals surface area contributed by atoms with Gasteiger partial charge in [0.15, 0.2) is 0 Å². The molecule has 1 aliphatic rings. The molecule has 2 N–H and O–H groups in total. The van der Waals surface area contributed by atoms with E-state index < -0.39 is 12.1 Å². The van der Waals surface area contributed by atoms with Gasteiger partial charge in [-0.2, -0.15) is 0 Å². The van der Waals surface area contributed by atoms with Crippen molar-refractivity contribution in [3.8, 4) is 0 Å². The summed E-state index contributed by atoms with van der Waals surface area (Å²) in [5.74, 6) is -0.276. The number of esters is 1. The van der Waals surface area contributed by atoms with E-state index in [2.05, 4.69) is 5.32 Å². The second-order valence-electron chi connectivity index (χ2n) is 7.88. The van der Waals surface area contributed by atoms with Gasteiger partial charge in [0.2, 0.25) is 0 Å². The lowest BCUT2D eigenvalue weighted by Gasteiger charge is -2.22. The van der Waals surface area contributed by atoms with Crippen LogP contribution in [-0.2, 0) is 29.1 Å². The molecule has 3 aromatic rings. The fourth-order valence-electron chi connectivity index (χ4n) is 3.89. The first-order valence-electron chi connectivity index (χ1n) is 10.7. The summed E-state index contributed by atoms with van der Waals surface area (Å²) in [6.45, 7) is 0.521. The van der Waals surface area contributed by atoms with Gasteiger partial charge in [-0.25, -0.2) is 9.59 Å². The number of ether oxygens (including phenoxy) is 1. The molecule has 0 saturated carbocycles. The second-order valence-corrected chi connectivity index (χ2v) is 7.88. The lowest BCUT2D eigenvalue weighted by molar-refractivity contribution is -0.146. The highest BCUT2D eigenvalue weighted by Gasteiger charge is 2.25. The van der Waals surface area contributed by atoms with Gasteiger partial charge in [0.25, 0.3) is 0 Å². The zero-order valence-electron chi connectivity index (χ0n) is 17.7. The van der Waals surface area contributed by atoms with Gasteiger partial charge < -0.3 is 15.2 Å². The van der Waals surface area contributed by atoms with E-state index in [-0.39, 0.29) is 19.1 Å². The molecule has 1 aliphatic heterocycles. The first kappa shape index (κ1) is 21.4. The highest BCUT2D eigenvalue weighted by Crippen LogP contribution is 2.30. The van der Waals surface area contributed by atoms with Crippen LogP contribution in [0.15, 0.2) is 78.9 Å². The van der Waals surface area contributed by atoms with Crippen LogP contribution >= 0.6 is 0 Å². The third kappa shape index (κ3) is 5.27. The Bertz CT molecular complexity index is 1070. The Morgan fingerprint density at radius 3 is 2.34 bits per heavy atom. The molecule has 0 bridgehead atoms. The number of hydrogen-bond donors (Lipinski definition) is 2. The number of carbonyl (C=O) groups is 2. The Labute approximate surface area is 187 Å². The quantitative estimate of drug-likeness (QED) is 0.524. The minimum atomic E-state index is -1.00. The van der Waals surface area contributed by atoms with Crippen molar-refractivity contribution in [3.63, 3.8) is 0 Å². The molecular weight excluding hydrogens is 404 g/mol. The number of amides is 1. The van der Waals surface area contributed by atoms with Crippen LogP contribution in [0.4, 0.5) is 16.2 Å². The van der Waals surface area contributed by atoms with Crippen molar-refractivity contribution in [1.29, 1.82) is 0 Å². The topological polar surface area (TPSA) is 78.9 Å². The number of benzene rings is 3. The number of nitrogens with zero attached hydrogens (tertiary/aromatic N) is 1. The summed E-state index contributed by atoms with van der Waals surface area (Å²) in [5.41, 5.74) is 4.33. The van der Waals surface area contributed by atoms with Gasteiger partial charge in [0.05, 0.1) is 6.54 Å². The molecule has 0 aromatic heterocycles. The predicted molar refractivity (Wildman–Crippen MR) is 124 cm³/mol. The summed E-state index contributed by atoms with van der Waals surface area (Å²) in [4.78, 5) is 25.9. The SMILES string of the molecule is O=C(OCc1ccccc1)C1CCCc2cc(N(Cc3ccccc3)C(=O)O)ccc2N1. The number of carboxylic acid groups (broad SMARTS) is 1. The molecule has 1 unspecified atom stereocenters. The summed E-state index contributed by atoms with van der Waals surface area (Å²) in [6.07, 6.45) is 1.22. The molecule has 164 valence electrons. The minimum Gasteiger partial charge on any atom is -0.465 e. The van der Waals surface area contributed by atoms with Crippen LogP contribution in [0.5, 0.6) is 0 Å². The fraction of sp³-hybridized carbons (Fsp3) is 0.231. The summed E-state index contributed by atoms with van der Waals surface area (Å²) in [5, 5.41) is 13.1. The first-order chi connectivity index (χ1) is 15.6. The number of aryl methyl sites for hydroxylation is 1. The molecule has 0 radical (unpaired) electrons. The molecule has 0 aliphatic carbocycles. The average Bonchev–Trinajstić information content (AvgIpc) is 3.04. The molecule has 0 fully saturated rings. The van der Waals surface area contributed by atoms with Crippen LogP contribution in [0, 0.1) is 0 Å². The Balaban J connectivity index is 1.46. The maximum absolute atomic E-state index is 12.6. The molecule has 1 amide bonds. The lowest BCUT2D eigenvalue weighted by Crippen LogP contribution is -2.31. The molecule has 1 atom stereocenters. The van der Waals surface area contributed by atoms with Crippen LogP contribution in [0.25, 0.3) is 0 Å². The Kier molecular flexibility index (Phi) is 6.70. The van der Waals surface area contributed by atoms with Crippen molar-refractivity contribution in [1.82, 2.24) is 0 Å². The van der Waals surface area contributed by atoms with Crippen LogP contribution in [0.2, 0.25) is 0 Å². The van der Waals surface area contributed by atoms with Crippen molar-refractivity contribution in [2.24, 2.45) is 0 Å². The predicted octanol–water partition coefficient (Wildman–Crippen LogP) is 5.23. The van der Waals surface area contributed by atoms with Gasteiger partial charge in [-0.15, -0.1) is 0 Å². The standard InChI is InChI=1S/C26H26N2O4/c29-25(32-18-20-10-5-2-6-11-20)24-13-7-12-21-16-22(14-15-23(21)27-24)28(26(30)31)17-19-8-3-1-4-9-19/h1-6,8-11,14-16,24,27H,7,12-13,17-18H2,(H,30,31). The maximum atomic E-state index is 12.6. The van der Waals surface area contributed by atoms with Crippen LogP contribution in [-0.4, -0.2) is 23.2 Å². The van der Waals surface area contributed by atoms with Gasteiger partial charge >= 0.3 is 12.1 Å². The van der Waals surface area contributed by atoms with Crippen molar-refractivity contribution >= 4 is 23.4 Å². The normalized spacial score (nSPS) is 15.1. The van der Waals surface area contributed by atoms with Crippen molar-refractivity contribution in [2.45, 2.75) is 38.5 Å². The summed E-state index contributed by atoms with van der Waals surface area (Å²) in [7, 11) is 0. The number of nitrogens with one attached hydrogen (secondary N) is 1. The van der Waals surface area contributed by atoms with Gasteiger partial charge in [-0.05, 0) is 54.2 Å². The summed E-state index contributed by atoms with van der Waals surface area (Å²) in [6, 6.07) is 24.2. The molecule has 1 heterocycles. The minimum absolute atomic E-state index is 0.247. The molecule has 6 nitrogen and oxygen atoms in total. The first-order valence-corrected chi connectivity index (χ1v) is 10.7. The van der Waals surface area contributed by atoms with Gasteiger partial charge in [-0.1, -0.05) is 60.7 Å². The van der Waals surface area contributed by atoms with Crippen LogP contribution in [0.1, 0.15) is 29.5 Å². The third-order valence-electron chi connectivity index (χ3n) is 5.59. The molecule has 3 aromatic carbocycles. The van der Waals surface area contributed by atoms with Crippen molar-refractivity contribution in [3.05, 3.63) is 95.6 Å². The van der Waals surface area contributed by atoms with Gasteiger partial charge in [0, 0.05) is 11.4 Å². The van der Waals surface area contributed by atoms with Crippen LogP contribution < -0.4 is 10.2 Å². The zero-order chi connectivity index (χ0) is 22.3. The van der Waals surface area contributed by atoms with E-state index >= 15 is 0 Å². The Hall–Kier alpha value is -3.80. The van der Waals surface area contributed by atoms with E-state index in [9.17, 15) is 14.7 Å². The largest absolute Gasteiger partial charge is 0.465 e. The van der Waals surface area contributed by atoms with E-state index in [0.717, 1.165) is 35.2 Å². The van der Waals surface area contributed by atoms with Gasteiger partial charge in [-0.3, -0.25) is 4.90 Å². The third-order valence-corrected chi connectivity index (χ3v) is 5.59.